The van der Waals surface area contributed by atoms with Crippen LogP contribution in [0, 0.1) is 5.82 Å². The summed E-state index contributed by atoms with van der Waals surface area (Å²) >= 11 is 0. The van der Waals surface area contributed by atoms with E-state index in [-0.39, 0.29) is 18.5 Å². The number of alkyl halides is 3. The first-order valence-electron chi connectivity index (χ1n) is 5.95. The first-order chi connectivity index (χ1) is 9.18. The molecule has 0 spiro atoms. The molecular weight excluding hydrogens is 278 g/mol. The van der Waals surface area contributed by atoms with Crippen molar-refractivity contribution in [1.82, 2.24) is 4.90 Å². The molecule has 0 amide bonds. The smallest absolute Gasteiger partial charge is 0.416 e. The summed E-state index contributed by atoms with van der Waals surface area (Å²) in [5.74, 6) is -1.86. The van der Waals surface area contributed by atoms with Crippen molar-refractivity contribution in [2.45, 2.75) is 25.6 Å². The first kappa shape index (κ1) is 16.4. The van der Waals surface area contributed by atoms with Gasteiger partial charge in [0, 0.05) is 13.0 Å². The summed E-state index contributed by atoms with van der Waals surface area (Å²) in [4.78, 5) is 12.0. The highest BCUT2D eigenvalue weighted by molar-refractivity contribution is 5.66. The van der Waals surface area contributed by atoms with Crippen molar-refractivity contribution in [2.24, 2.45) is 0 Å². The minimum absolute atomic E-state index is 0.0126. The second kappa shape index (κ2) is 6.69. The predicted molar refractivity (Wildman–Crippen MR) is 64.6 cm³/mol. The van der Waals surface area contributed by atoms with Crippen molar-refractivity contribution in [3.63, 3.8) is 0 Å². The molecule has 0 unspecified atom stereocenters. The van der Waals surface area contributed by atoms with Gasteiger partial charge in [0.1, 0.15) is 5.82 Å². The Bertz CT molecular complexity index is 474. The van der Waals surface area contributed by atoms with Gasteiger partial charge in [-0.05, 0) is 43.8 Å². The Kier molecular flexibility index (Phi) is 5.50. The van der Waals surface area contributed by atoms with Crippen molar-refractivity contribution in [3.8, 4) is 0 Å². The van der Waals surface area contributed by atoms with Gasteiger partial charge < -0.3 is 10.0 Å². The molecule has 0 saturated carbocycles. The van der Waals surface area contributed by atoms with Crippen LogP contribution in [0.25, 0.3) is 0 Å². The molecule has 0 atom stereocenters. The normalized spacial score (nSPS) is 11.9. The zero-order valence-corrected chi connectivity index (χ0v) is 10.9. The third kappa shape index (κ3) is 5.56. The Morgan fingerprint density at radius 2 is 1.95 bits per heavy atom. The van der Waals surface area contributed by atoms with Crippen LogP contribution in [-0.4, -0.2) is 29.6 Å². The lowest BCUT2D eigenvalue weighted by atomic mass is 10.1. The number of carboxylic acids is 1. The maximum Gasteiger partial charge on any atom is 0.416 e. The number of carbonyl (C=O) groups is 1. The molecule has 0 aromatic heterocycles. The fourth-order valence-electron chi connectivity index (χ4n) is 1.80. The second-order valence-corrected chi connectivity index (χ2v) is 4.58. The summed E-state index contributed by atoms with van der Waals surface area (Å²) in [6, 6.07) is 2.40. The number of nitrogens with zero attached hydrogens (tertiary/aromatic N) is 1. The molecule has 1 N–H and O–H groups in total. The third-order valence-electron chi connectivity index (χ3n) is 2.67. The van der Waals surface area contributed by atoms with E-state index in [2.05, 4.69) is 0 Å². The van der Waals surface area contributed by atoms with Crippen molar-refractivity contribution in [2.75, 3.05) is 13.6 Å². The van der Waals surface area contributed by atoms with Crippen molar-refractivity contribution in [1.29, 1.82) is 0 Å². The number of hydrogen-bond acceptors (Lipinski definition) is 2. The van der Waals surface area contributed by atoms with Crippen LogP contribution in [0.15, 0.2) is 18.2 Å². The number of carboxylic acid groups (broad SMARTS) is 1. The molecule has 0 aliphatic rings. The quantitative estimate of drug-likeness (QED) is 0.819. The lowest BCUT2D eigenvalue weighted by Gasteiger charge is -2.17. The van der Waals surface area contributed by atoms with Crippen molar-refractivity contribution >= 4 is 5.97 Å². The van der Waals surface area contributed by atoms with Gasteiger partial charge in [0.15, 0.2) is 0 Å². The monoisotopic (exact) mass is 293 g/mol. The summed E-state index contributed by atoms with van der Waals surface area (Å²) in [6.45, 7) is 0.532. The van der Waals surface area contributed by atoms with Gasteiger partial charge >= 0.3 is 12.1 Å². The Hall–Kier alpha value is -1.63. The van der Waals surface area contributed by atoms with Crippen LogP contribution in [0.2, 0.25) is 0 Å². The Morgan fingerprint density at radius 1 is 1.30 bits per heavy atom. The molecule has 20 heavy (non-hydrogen) atoms. The summed E-state index contributed by atoms with van der Waals surface area (Å²) in [6.07, 6.45) is -4.21. The summed E-state index contributed by atoms with van der Waals surface area (Å²) < 4.78 is 50.8. The molecule has 3 nitrogen and oxygen atoms in total. The van der Waals surface area contributed by atoms with E-state index in [0.29, 0.717) is 19.0 Å². The average molecular weight is 293 g/mol. The number of rotatable bonds is 6. The van der Waals surface area contributed by atoms with E-state index in [1.165, 1.54) is 0 Å². The van der Waals surface area contributed by atoms with Crippen LogP contribution in [-0.2, 0) is 17.5 Å². The van der Waals surface area contributed by atoms with E-state index < -0.39 is 23.5 Å². The average Bonchev–Trinajstić information content (AvgIpc) is 2.26. The highest BCUT2D eigenvalue weighted by Crippen LogP contribution is 2.30. The lowest BCUT2D eigenvalue weighted by Crippen LogP contribution is -2.20. The third-order valence-corrected chi connectivity index (χ3v) is 2.67. The maximum absolute atomic E-state index is 13.2. The van der Waals surface area contributed by atoms with Gasteiger partial charge in [-0.2, -0.15) is 13.2 Å². The molecule has 1 rings (SSSR count). The molecule has 0 bridgehead atoms. The second-order valence-electron chi connectivity index (χ2n) is 4.58. The van der Waals surface area contributed by atoms with Crippen molar-refractivity contribution in [3.05, 3.63) is 35.1 Å². The summed E-state index contributed by atoms with van der Waals surface area (Å²) in [7, 11) is 1.64. The zero-order chi connectivity index (χ0) is 15.3. The first-order valence-corrected chi connectivity index (χ1v) is 5.95. The zero-order valence-electron chi connectivity index (χ0n) is 10.9. The van der Waals surface area contributed by atoms with E-state index in [9.17, 15) is 22.4 Å². The van der Waals surface area contributed by atoms with Gasteiger partial charge in [-0.15, -0.1) is 0 Å². The van der Waals surface area contributed by atoms with Crippen molar-refractivity contribution < 1.29 is 27.5 Å². The molecule has 0 saturated heterocycles. The molecule has 0 heterocycles. The molecule has 1 aromatic carbocycles. The van der Waals surface area contributed by atoms with Gasteiger partial charge in [-0.3, -0.25) is 4.79 Å². The lowest BCUT2D eigenvalue weighted by molar-refractivity contribution is -0.138. The molecular formula is C13H15F4NO2. The fraction of sp³-hybridized carbons (Fsp3) is 0.462. The standard InChI is InChI=1S/C13H15F4NO2/c1-18(4-2-3-12(19)20)8-9-5-10(13(15,16)17)7-11(14)6-9/h5-7H,2-4,8H2,1H3,(H,19,20). The van der Waals surface area contributed by atoms with Gasteiger partial charge in [0.05, 0.1) is 5.56 Å². The van der Waals surface area contributed by atoms with E-state index in [1.807, 2.05) is 0 Å². The topological polar surface area (TPSA) is 40.5 Å². The van der Waals surface area contributed by atoms with E-state index in [4.69, 9.17) is 5.11 Å². The van der Waals surface area contributed by atoms with E-state index >= 15 is 0 Å². The van der Waals surface area contributed by atoms with Gasteiger partial charge in [-0.25, -0.2) is 4.39 Å². The SMILES string of the molecule is CN(CCCC(=O)O)Cc1cc(F)cc(C(F)(F)F)c1. The summed E-state index contributed by atoms with van der Waals surface area (Å²) in [5.41, 5.74) is -0.818. The van der Waals surface area contributed by atoms with Crippen LogP contribution in [0.5, 0.6) is 0 Å². The predicted octanol–water partition coefficient (Wildman–Crippen LogP) is 3.14. The summed E-state index contributed by atoms with van der Waals surface area (Å²) in [5, 5.41) is 8.49. The molecule has 0 aliphatic heterocycles. The number of halogens is 4. The van der Waals surface area contributed by atoms with Crippen LogP contribution < -0.4 is 0 Å². The highest BCUT2D eigenvalue weighted by Gasteiger charge is 2.31. The van der Waals surface area contributed by atoms with E-state index in [1.54, 1.807) is 11.9 Å². The Balaban J connectivity index is 2.67. The van der Waals surface area contributed by atoms with Gasteiger partial charge in [0.2, 0.25) is 0 Å². The number of aliphatic carboxylic acids is 1. The Labute approximate surface area is 113 Å². The van der Waals surface area contributed by atoms with Crippen LogP contribution >= 0.6 is 0 Å². The van der Waals surface area contributed by atoms with E-state index in [0.717, 1.165) is 12.1 Å². The number of benzene rings is 1. The fourth-order valence-corrected chi connectivity index (χ4v) is 1.80. The number of hydrogen-bond donors (Lipinski definition) is 1. The highest BCUT2D eigenvalue weighted by atomic mass is 19.4. The largest absolute Gasteiger partial charge is 0.481 e. The van der Waals surface area contributed by atoms with Crippen LogP contribution in [0.1, 0.15) is 24.0 Å². The molecule has 0 aliphatic carbocycles. The maximum atomic E-state index is 13.2. The molecule has 112 valence electrons. The van der Waals surface area contributed by atoms with Gasteiger partial charge in [-0.1, -0.05) is 0 Å². The minimum atomic E-state index is -4.58. The molecule has 7 heteroatoms. The van der Waals surface area contributed by atoms with Crippen LogP contribution in [0.3, 0.4) is 0 Å². The molecule has 0 radical (unpaired) electrons. The minimum Gasteiger partial charge on any atom is -0.481 e. The van der Waals surface area contributed by atoms with Crippen LogP contribution in [0.4, 0.5) is 17.6 Å². The Morgan fingerprint density at radius 3 is 2.50 bits per heavy atom. The van der Waals surface area contributed by atoms with Gasteiger partial charge in [0.25, 0.3) is 0 Å². The molecule has 1 aromatic rings. The molecule has 0 fully saturated rings.